The molecular weight excluding hydrogens is 374 g/mol. The van der Waals surface area contributed by atoms with E-state index in [1.54, 1.807) is 58.3 Å². The van der Waals surface area contributed by atoms with E-state index in [9.17, 15) is 19.2 Å². The average Bonchev–Trinajstić information content (AvgIpc) is 2.78. The molecule has 2 aromatic rings. The first kappa shape index (κ1) is 20.1. The molecule has 1 saturated heterocycles. The van der Waals surface area contributed by atoms with Crippen LogP contribution in [0.25, 0.3) is 0 Å². The number of anilines is 1. The first-order valence-electron chi connectivity index (χ1n) is 9.11. The maximum absolute atomic E-state index is 12.6. The molecule has 0 radical (unpaired) electrons. The number of amides is 3. The number of methoxy groups -OCH3 is 1. The summed E-state index contributed by atoms with van der Waals surface area (Å²) in [4.78, 5) is 51.0. The fourth-order valence-electron chi connectivity index (χ4n) is 3.05. The summed E-state index contributed by atoms with van der Waals surface area (Å²) >= 11 is 0. The molecule has 8 nitrogen and oxygen atoms in total. The molecule has 0 bridgehead atoms. The molecule has 0 aromatic heterocycles. The number of para-hydroxylation sites is 1. The Balaban J connectivity index is 1.67. The van der Waals surface area contributed by atoms with Gasteiger partial charge in [0, 0.05) is 37.3 Å². The topological polar surface area (TPSA) is 96.0 Å². The highest BCUT2D eigenvalue weighted by Gasteiger charge is 2.21. The quantitative estimate of drug-likeness (QED) is 0.613. The summed E-state index contributed by atoms with van der Waals surface area (Å²) in [5, 5.41) is 2.69. The largest absolute Gasteiger partial charge is 0.465 e. The van der Waals surface area contributed by atoms with E-state index in [-0.39, 0.29) is 11.5 Å². The van der Waals surface area contributed by atoms with E-state index in [1.807, 2.05) is 0 Å². The normalized spacial score (nSPS) is 13.6. The maximum atomic E-state index is 12.6. The lowest BCUT2D eigenvalue weighted by Gasteiger charge is -2.32. The smallest absolute Gasteiger partial charge is 0.339 e. The molecule has 0 unspecified atom stereocenters. The second kappa shape index (κ2) is 9.01. The molecular formula is C21H21N3O5. The number of piperazine rings is 1. The van der Waals surface area contributed by atoms with Gasteiger partial charge in [-0.2, -0.15) is 0 Å². The van der Waals surface area contributed by atoms with Gasteiger partial charge in [-0.15, -0.1) is 0 Å². The fourth-order valence-corrected chi connectivity index (χ4v) is 3.05. The van der Waals surface area contributed by atoms with Gasteiger partial charge >= 0.3 is 5.97 Å². The summed E-state index contributed by atoms with van der Waals surface area (Å²) in [7, 11) is 1.27. The molecule has 3 amide bonds. The van der Waals surface area contributed by atoms with Crippen molar-refractivity contribution in [1.82, 2.24) is 9.80 Å². The van der Waals surface area contributed by atoms with Crippen molar-refractivity contribution in [3.8, 4) is 0 Å². The first-order chi connectivity index (χ1) is 14.0. The van der Waals surface area contributed by atoms with Crippen LogP contribution in [-0.4, -0.2) is 67.3 Å². The van der Waals surface area contributed by atoms with Crippen LogP contribution in [0.3, 0.4) is 0 Å². The third kappa shape index (κ3) is 4.60. The van der Waals surface area contributed by atoms with Crippen LogP contribution in [0.5, 0.6) is 0 Å². The summed E-state index contributed by atoms with van der Waals surface area (Å²) in [6.45, 7) is 1.97. The third-order valence-corrected chi connectivity index (χ3v) is 4.73. The SMILES string of the molecule is COC(=O)c1ccccc1NC(=O)c1ccc(C(=O)N2CCN(C=O)CC2)cc1. The number of benzene rings is 2. The lowest BCUT2D eigenvalue weighted by molar-refractivity contribution is -0.119. The van der Waals surface area contributed by atoms with Crippen LogP contribution in [0.2, 0.25) is 0 Å². The van der Waals surface area contributed by atoms with Crippen molar-refractivity contribution in [3.63, 3.8) is 0 Å². The maximum Gasteiger partial charge on any atom is 0.339 e. The second-order valence-corrected chi connectivity index (χ2v) is 6.50. The van der Waals surface area contributed by atoms with Crippen molar-refractivity contribution < 1.29 is 23.9 Å². The Labute approximate surface area is 168 Å². The van der Waals surface area contributed by atoms with E-state index in [0.29, 0.717) is 43.0 Å². The van der Waals surface area contributed by atoms with E-state index in [4.69, 9.17) is 4.74 Å². The number of nitrogens with one attached hydrogen (secondary N) is 1. The van der Waals surface area contributed by atoms with Gasteiger partial charge in [0.15, 0.2) is 0 Å². The monoisotopic (exact) mass is 395 g/mol. The van der Waals surface area contributed by atoms with Gasteiger partial charge in [0.05, 0.1) is 18.4 Å². The number of ether oxygens (including phenoxy) is 1. The molecule has 2 aromatic carbocycles. The molecule has 1 N–H and O–H groups in total. The van der Waals surface area contributed by atoms with E-state index < -0.39 is 11.9 Å². The van der Waals surface area contributed by atoms with E-state index in [2.05, 4.69) is 5.32 Å². The molecule has 1 fully saturated rings. The van der Waals surface area contributed by atoms with Gasteiger partial charge in [0.1, 0.15) is 0 Å². The lowest BCUT2D eigenvalue weighted by atomic mass is 10.1. The van der Waals surface area contributed by atoms with Crippen LogP contribution in [-0.2, 0) is 9.53 Å². The molecule has 1 heterocycles. The Kier molecular flexibility index (Phi) is 6.23. The van der Waals surface area contributed by atoms with Crippen molar-refractivity contribution in [3.05, 3.63) is 65.2 Å². The highest BCUT2D eigenvalue weighted by atomic mass is 16.5. The van der Waals surface area contributed by atoms with E-state index in [0.717, 1.165) is 6.41 Å². The molecule has 0 saturated carbocycles. The molecule has 0 spiro atoms. The Morgan fingerprint density at radius 1 is 0.931 bits per heavy atom. The Morgan fingerprint density at radius 2 is 1.55 bits per heavy atom. The molecule has 150 valence electrons. The van der Waals surface area contributed by atoms with Crippen LogP contribution in [0.1, 0.15) is 31.1 Å². The highest BCUT2D eigenvalue weighted by Crippen LogP contribution is 2.18. The van der Waals surface area contributed by atoms with E-state index in [1.165, 1.54) is 7.11 Å². The Bertz CT molecular complexity index is 918. The summed E-state index contributed by atoms with van der Waals surface area (Å²) in [5.74, 6) is -1.09. The Morgan fingerprint density at radius 3 is 2.17 bits per heavy atom. The van der Waals surface area contributed by atoms with Crippen LogP contribution in [0.4, 0.5) is 5.69 Å². The van der Waals surface area contributed by atoms with Gasteiger partial charge in [-0.05, 0) is 36.4 Å². The number of nitrogens with zero attached hydrogens (tertiary/aromatic N) is 2. The van der Waals surface area contributed by atoms with Gasteiger partial charge in [0.2, 0.25) is 6.41 Å². The minimum atomic E-state index is -0.545. The highest BCUT2D eigenvalue weighted by molar-refractivity contribution is 6.08. The van der Waals surface area contributed by atoms with Gasteiger partial charge < -0.3 is 19.9 Å². The predicted molar refractivity (Wildman–Crippen MR) is 106 cm³/mol. The van der Waals surface area contributed by atoms with Crippen molar-refractivity contribution >= 4 is 29.9 Å². The minimum Gasteiger partial charge on any atom is -0.465 e. The third-order valence-electron chi connectivity index (χ3n) is 4.73. The minimum absolute atomic E-state index is 0.140. The van der Waals surface area contributed by atoms with Crippen LogP contribution in [0, 0.1) is 0 Å². The molecule has 29 heavy (non-hydrogen) atoms. The van der Waals surface area contributed by atoms with Gasteiger partial charge in [-0.1, -0.05) is 12.1 Å². The molecule has 8 heteroatoms. The zero-order valence-electron chi connectivity index (χ0n) is 16.0. The first-order valence-corrected chi connectivity index (χ1v) is 9.11. The van der Waals surface area contributed by atoms with Crippen molar-refractivity contribution in [2.24, 2.45) is 0 Å². The summed E-state index contributed by atoms with van der Waals surface area (Å²) in [5.41, 5.74) is 1.42. The van der Waals surface area contributed by atoms with Crippen LogP contribution < -0.4 is 5.32 Å². The zero-order valence-corrected chi connectivity index (χ0v) is 16.0. The number of esters is 1. The predicted octanol–water partition coefficient (Wildman–Crippen LogP) is 1.64. The van der Waals surface area contributed by atoms with Crippen molar-refractivity contribution in [1.29, 1.82) is 0 Å². The van der Waals surface area contributed by atoms with Crippen LogP contribution in [0.15, 0.2) is 48.5 Å². The molecule has 1 aliphatic rings. The summed E-state index contributed by atoms with van der Waals surface area (Å²) < 4.78 is 4.72. The zero-order chi connectivity index (χ0) is 20.8. The van der Waals surface area contributed by atoms with Crippen molar-refractivity contribution in [2.75, 3.05) is 38.6 Å². The molecule has 1 aliphatic heterocycles. The van der Waals surface area contributed by atoms with Crippen LogP contribution >= 0.6 is 0 Å². The number of carbonyl (C=O) groups excluding carboxylic acids is 4. The number of hydrogen-bond donors (Lipinski definition) is 1. The molecule has 0 atom stereocenters. The number of hydrogen-bond acceptors (Lipinski definition) is 5. The molecule has 3 rings (SSSR count). The number of rotatable bonds is 5. The second-order valence-electron chi connectivity index (χ2n) is 6.50. The Hall–Kier alpha value is -3.68. The van der Waals surface area contributed by atoms with E-state index >= 15 is 0 Å². The van der Waals surface area contributed by atoms with Crippen molar-refractivity contribution in [2.45, 2.75) is 0 Å². The van der Waals surface area contributed by atoms with Gasteiger partial charge in [-0.3, -0.25) is 14.4 Å². The van der Waals surface area contributed by atoms with Gasteiger partial charge in [-0.25, -0.2) is 4.79 Å². The summed E-state index contributed by atoms with van der Waals surface area (Å²) in [6, 6.07) is 12.9. The average molecular weight is 395 g/mol. The lowest BCUT2D eigenvalue weighted by Crippen LogP contribution is -2.48. The molecule has 0 aliphatic carbocycles. The number of carbonyl (C=O) groups is 4. The van der Waals surface area contributed by atoms with Gasteiger partial charge in [0.25, 0.3) is 11.8 Å². The standard InChI is InChI=1S/C21H21N3O5/c1-29-21(28)17-4-2-3-5-18(17)22-19(26)15-6-8-16(9-7-15)20(27)24-12-10-23(14-25)11-13-24/h2-9,14H,10-13H2,1H3,(H,22,26). The summed E-state index contributed by atoms with van der Waals surface area (Å²) in [6.07, 6.45) is 0.785. The fraction of sp³-hybridized carbons (Fsp3) is 0.238.